The molecule has 1 heterocycles. The maximum atomic E-state index is 12.8. The van der Waals surface area contributed by atoms with Crippen molar-refractivity contribution in [2.45, 2.75) is 10.9 Å². The van der Waals surface area contributed by atoms with E-state index in [2.05, 4.69) is 25.6 Å². The van der Waals surface area contributed by atoms with Crippen molar-refractivity contribution in [3.63, 3.8) is 0 Å². The fourth-order valence-electron chi connectivity index (χ4n) is 2.83. The zero-order chi connectivity index (χ0) is 17.7. The van der Waals surface area contributed by atoms with E-state index in [0.29, 0.717) is 19.8 Å². The lowest BCUT2D eigenvalue weighted by Gasteiger charge is -2.31. The van der Waals surface area contributed by atoms with Gasteiger partial charge in [0.1, 0.15) is 0 Å². The van der Waals surface area contributed by atoms with E-state index in [1.807, 2.05) is 30.3 Å². The Morgan fingerprint density at radius 1 is 1.08 bits per heavy atom. The summed E-state index contributed by atoms with van der Waals surface area (Å²) in [6.07, 6.45) is 0. The third-order valence-electron chi connectivity index (χ3n) is 4.15. The lowest BCUT2D eigenvalue weighted by molar-refractivity contribution is 0.0345. The minimum atomic E-state index is -3.62. The molecule has 7 heteroatoms. The van der Waals surface area contributed by atoms with Gasteiger partial charge in [-0.25, -0.2) is 13.1 Å². The van der Waals surface area contributed by atoms with Crippen LogP contribution < -0.4 is 4.72 Å². The third kappa shape index (κ3) is 5.12. The summed E-state index contributed by atoms with van der Waals surface area (Å²) in [4.78, 5) is 2.48. The summed E-state index contributed by atoms with van der Waals surface area (Å²) in [7, 11) is -3.62. The van der Waals surface area contributed by atoms with Crippen LogP contribution in [0.2, 0.25) is 0 Å². The van der Waals surface area contributed by atoms with Gasteiger partial charge in [-0.2, -0.15) is 0 Å². The SMILES string of the molecule is O=S(=O)(N[C@H](CN1CCOCC1)c1ccccc1)c1cccc(Br)c1. The summed E-state index contributed by atoms with van der Waals surface area (Å²) in [5, 5.41) is 0. The van der Waals surface area contributed by atoms with Crippen molar-refractivity contribution in [1.29, 1.82) is 0 Å². The van der Waals surface area contributed by atoms with Gasteiger partial charge in [0.05, 0.1) is 24.2 Å². The minimum Gasteiger partial charge on any atom is -0.379 e. The average molecular weight is 425 g/mol. The first-order chi connectivity index (χ1) is 12.0. The lowest BCUT2D eigenvalue weighted by Crippen LogP contribution is -2.43. The Labute approximate surface area is 157 Å². The topological polar surface area (TPSA) is 58.6 Å². The number of rotatable bonds is 6. The van der Waals surface area contributed by atoms with Crippen LogP contribution in [0.4, 0.5) is 0 Å². The molecule has 0 radical (unpaired) electrons. The number of nitrogens with one attached hydrogen (secondary N) is 1. The van der Waals surface area contributed by atoms with Gasteiger partial charge in [0.25, 0.3) is 0 Å². The maximum absolute atomic E-state index is 12.8. The summed E-state index contributed by atoms with van der Waals surface area (Å²) in [5.41, 5.74) is 0.951. The van der Waals surface area contributed by atoms with Crippen LogP contribution in [0, 0.1) is 0 Å². The van der Waals surface area contributed by atoms with E-state index in [0.717, 1.165) is 23.1 Å². The van der Waals surface area contributed by atoms with Gasteiger partial charge in [-0.15, -0.1) is 0 Å². The van der Waals surface area contributed by atoms with E-state index in [-0.39, 0.29) is 10.9 Å². The fourth-order valence-corrected chi connectivity index (χ4v) is 4.64. The van der Waals surface area contributed by atoms with Crippen molar-refractivity contribution < 1.29 is 13.2 Å². The molecule has 1 aliphatic heterocycles. The lowest BCUT2D eigenvalue weighted by atomic mass is 10.1. The predicted molar refractivity (Wildman–Crippen MR) is 101 cm³/mol. The summed E-state index contributed by atoms with van der Waals surface area (Å²) in [6.45, 7) is 3.59. The number of hydrogen-bond donors (Lipinski definition) is 1. The molecule has 0 aromatic heterocycles. The van der Waals surface area contributed by atoms with Crippen LogP contribution in [0.1, 0.15) is 11.6 Å². The van der Waals surface area contributed by atoms with Gasteiger partial charge in [0, 0.05) is 24.1 Å². The molecule has 25 heavy (non-hydrogen) atoms. The van der Waals surface area contributed by atoms with Crippen molar-refractivity contribution in [3.05, 3.63) is 64.6 Å². The standard InChI is InChI=1S/C18H21BrN2O3S/c19-16-7-4-8-17(13-16)25(22,23)20-18(15-5-2-1-3-6-15)14-21-9-11-24-12-10-21/h1-8,13,18,20H,9-12,14H2/t18-/m1/s1. The summed E-state index contributed by atoms with van der Waals surface area (Å²) in [6, 6.07) is 16.1. The molecule has 134 valence electrons. The Hall–Kier alpha value is -1.25. The van der Waals surface area contributed by atoms with E-state index >= 15 is 0 Å². The van der Waals surface area contributed by atoms with Crippen molar-refractivity contribution in [3.8, 4) is 0 Å². The second kappa shape index (κ2) is 8.42. The molecule has 0 spiro atoms. The van der Waals surface area contributed by atoms with E-state index < -0.39 is 10.0 Å². The van der Waals surface area contributed by atoms with Gasteiger partial charge in [-0.3, -0.25) is 4.90 Å². The maximum Gasteiger partial charge on any atom is 0.241 e. The Morgan fingerprint density at radius 3 is 2.48 bits per heavy atom. The number of ether oxygens (including phenoxy) is 1. The highest BCUT2D eigenvalue weighted by atomic mass is 79.9. The van der Waals surface area contributed by atoms with Crippen LogP contribution in [0.3, 0.4) is 0 Å². The second-order valence-electron chi connectivity index (χ2n) is 5.95. The molecule has 1 fully saturated rings. The van der Waals surface area contributed by atoms with Crippen LogP contribution in [0.15, 0.2) is 64.0 Å². The van der Waals surface area contributed by atoms with Crippen molar-refractivity contribution in [1.82, 2.24) is 9.62 Å². The van der Waals surface area contributed by atoms with Crippen LogP contribution in [-0.2, 0) is 14.8 Å². The van der Waals surface area contributed by atoms with Gasteiger partial charge < -0.3 is 4.74 Å². The normalized spacial score (nSPS) is 17.3. The van der Waals surface area contributed by atoms with Crippen molar-refractivity contribution in [2.75, 3.05) is 32.8 Å². The number of nitrogens with zero attached hydrogens (tertiary/aromatic N) is 1. The van der Waals surface area contributed by atoms with Gasteiger partial charge in [-0.1, -0.05) is 52.3 Å². The van der Waals surface area contributed by atoms with Gasteiger partial charge in [0.2, 0.25) is 10.0 Å². The number of halogens is 1. The molecular formula is C18H21BrN2O3S. The second-order valence-corrected chi connectivity index (χ2v) is 8.58. The summed E-state index contributed by atoms with van der Waals surface area (Å²) >= 11 is 3.33. The molecule has 0 amide bonds. The first-order valence-electron chi connectivity index (χ1n) is 8.17. The van der Waals surface area contributed by atoms with Gasteiger partial charge >= 0.3 is 0 Å². The van der Waals surface area contributed by atoms with E-state index in [4.69, 9.17) is 4.74 Å². The molecule has 1 saturated heterocycles. The van der Waals surface area contributed by atoms with E-state index in [1.54, 1.807) is 24.3 Å². The van der Waals surface area contributed by atoms with E-state index in [1.165, 1.54) is 0 Å². The highest BCUT2D eigenvalue weighted by Crippen LogP contribution is 2.21. The Balaban J connectivity index is 1.83. The molecule has 0 unspecified atom stereocenters. The van der Waals surface area contributed by atoms with Crippen LogP contribution in [-0.4, -0.2) is 46.2 Å². The summed E-state index contributed by atoms with van der Waals surface area (Å²) < 4.78 is 34.7. The van der Waals surface area contributed by atoms with E-state index in [9.17, 15) is 8.42 Å². The highest BCUT2D eigenvalue weighted by molar-refractivity contribution is 9.10. The molecule has 1 aliphatic rings. The third-order valence-corrected chi connectivity index (χ3v) is 6.11. The van der Waals surface area contributed by atoms with Crippen LogP contribution in [0.25, 0.3) is 0 Å². The largest absolute Gasteiger partial charge is 0.379 e. The molecule has 3 rings (SSSR count). The Kier molecular flexibility index (Phi) is 6.24. The fraction of sp³-hybridized carbons (Fsp3) is 0.333. The molecule has 0 saturated carbocycles. The number of sulfonamides is 1. The monoisotopic (exact) mass is 424 g/mol. The van der Waals surface area contributed by atoms with Gasteiger partial charge in [0.15, 0.2) is 0 Å². The molecule has 1 N–H and O–H groups in total. The van der Waals surface area contributed by atoms with Crippen molar-refractivity contribution in [2.24, 2.45) is 0 Å². The molecule has 2 aromatic rings. The van der Waals surface area contributed by atoms with Crippen LogP contribution >= 0.6 is 15.9 Å². The predicted octanol–water partition coefficient (Wildman–Crippen LogP) is 2.80. The molecular weight excluding hydrogens is 404 g/mol. The number of benzene rings is 2. The molecule has 2 aromatic carbocycles. The highest BCUT2D eigenvalue weighted by Gasteiger charge is 2.24. The quantitative estimate of drug-likeness (QED) is 0.774. The Morgan fingerprint density at radius 2 is 1.80 bits per heavy atom. The number of morpholine rings is 1. The minimum absolute atomic E-state index is 0.254. The first kappa shape index (κ1) is 18.5. The molecule has 5 nitrogen and oxygen atoms in total. The van der Waals surface area contributed by atoms with Gasteiger partial charge in [-0.05, 0) is 23.8 Å². The summed E-state index contributed by atoms with van der Waals surface area (Å²) in [5.74, 6) is 0. The van der Waals surface area contributed by atoms with Crippen LogP contribution in [0.5, 0.6) is 0 Å². The zero-order valence-electron chi connectivity index (χ0n) is 13.8. The first-order valence-corrected chi connectivity index (χ1v) is 10.5. The molecule has 1 atom stereocenters. The van der Waals surface area contributed by atoms with Crippen molar-refractivity contribution >= 4 is 26.0 Å². The average Bonchev–Trinajstić information content (AvgIpc) is 2.63. The Bertz CT molecular complexity index is 793. The smallest absolute Gasteiger partial charge is 0.241 e. The molecule has 0 aliphatic carbocycles. The zero-order valence-corrected chi connectivity index (χ0v) is 16.2. The number of hydrogen-bond acceptors (Lipinski definition) is 4. The molecule has 0 bridgehead atoms.